The number of fused-ring (bicyclic) bond motifs is 1. The Hall–Kier alpha value is -3.26. The second-order valence-electron chi connectivity index (χ2n) is 6.74. The molecule has 0 radical (unpaired) electrons. The fraction of sp³-hybridized carbons (Fsp3) is 0.190. The Morgan fingerprint density at radius 3 is 2.72 bits per heavy atom. The van der Waals surface area contributed by atoms with Gasteiger partial charge in [0, 0.05) is 5.69 Å². The molecule has 0 aliphatic carbocycles. The zero-order valence-corrected chi connectivity index (χ0v) is 17.0. The largest absolute Gasteiger partial charge is 0.325 e. The van der Waals surface area contributed by atoms with Crippen LogP contribution in [0, 0.1) is 13.8 Å². The van der Waals surface area contributed by atoms with Gasteiger partial charge in [0.1, 0.15) is 11.4 Å². The standard InChI is InChI=1S/C21H20N6OS/c1-14-8-9-17(15(2)10-14)24-18(28)12-29-21-19-20(22-13-23-21)27(26-25-19)11-16-6-4-3-5-7-16/h3-10,13H,11-12H2,1-2H3,(H,24,28). The van der Waals surface area contributed by atoms with Crippen LogP contribution in [0.25, 0.3) is 11.2 Å². The molecule has 4 rings (SSSR count). The van der Waals surface area contributed by atoms with E-state index in [0.29, 0.717) is 22.7 Å². The molecule has 2 aromatic heterocycles. The highest BCUT2D eigenvalue weighted by atomic mass is 32.2. The predicted octanol–water partition coefficient (Wildman–Crippen LogP) is 3.62. The van der Waals surface area contributed by atoms with Crippen LogP contribution in [0.5, 0.6) is 0 Å². The minimum atomic E-state index is -0.0922. The Labute approximate surface area is 172 Å². The van der Waals surface area contributed by atoms with Gasteiger partial charge in [-0.25, -0.2) is 14.6 Å². The van der Waals surface area contributed by atoms with E-state index in [1.54, 1.807) is 4.68 Å². The maximum absolute atomic E-state index is 12.4. The fourth-order valence-corrected chi connectivity index (χ4v) is 3.74. The van der Waals surface area contributed by atoms with Crippen molar-refractivity contribution in [1.82, 2.24) is 25.0 Å². The van der Waals surface area contributed by atoms with Crippen molar-refractivity contribution in [3.05, 3.63) is 71.5 Å². The second kappa shape index (κ2) is 8.40. The number of nitrogens with one attached hydrogen (secondary N) is 1. The topological polar surface area (TPSA) is 85.6 Å². The van der Waals surface area contributed by atoms with E-state index in [2.05, 4.69) is 25.6 Å². The number of anilines is 1. The quantitative estimate of drug-likeness (QED) is 0.390. The Morgan fingerprint density at radius 1 is 1.10 bits per heavy atom. The SMILES string of the molecule is Cc1ccc(NC(=O)CSc2ncnc3c2nnn3Cc2ccccc2)c(C)c1. The highest BCUT2D eigenvalue weighted by Gasteiger charge is 2.14. The molecule has 0 aliphatic heterocycles. The molecule has 0 bridgehead atoms. The molecule has 0 saturated carbocycles. The van der Waals surface area contributed by atoms with E-state index in [1.165, 1.54) is 18.1 Å². The molecule has 4 aromatic rings. The summed E-state index contributed by atoms with van der Waals surface area (Å²) in [6, 6.07) is 16.0. The molecule has 2 heterocycles. The zero-order valence-electron chi connectivity index (χ0n) is 16.2. The number of hydrogen-bond acceptors (Lipinski definition) is 6. The van der Waals surface area contributed by atoms with Crippen molar-refractivity contribution in [3.8, 4) is 0 Å². The van der Waals surface area contributed by atoms with Crippen LogP contribution in [0.1, 0.15) is 16.7 Å². The van der Waals surface area contributed by atoms with Gasteiger partial charge in [0.2, 0.25) is 5.91 Å². The summed E-state index contributed by atoms with van der Waals surface area (Å²) in [5.74, 6) is 0.135. The maximum Gasteiger partial charge on any atom is 0.234 e. The van der Waals surface area contributed by atoms with E-state index < -0.39 is 0 Å². The van der Waals surface area contributed by atoms with Gasteiger partial charge < -0.3 is 5.32 Å². The van der Waals surface area contributed by atoms with E-state index in [0.717, 1.165) is 22.4 Å². The van der Waals surface area contributed by atoms with Crippen LogP contribution in [0.4, 0.5) is 5.69 Å². The summed E-state index contributed by atoms with van der Waals surface area (Å²) in [4.78, 5) is 21.0. The van der Waals surface area contributed by atoms with Crippen molar-refractivity contribution in [2.24, 2.45) is 0 Å². The summed E-state index contributed by atoms with van der Waals surface area (Å²) < 4.78 is 1.74. The number of hydrogen-bond donors (Lipinski definition) is 1. The van der Waals surface area contributed by atoms with Gasteiger partial charge in [-0.1, -0.05) is 65.0 Å². The zero-order chi connectivity index (χ0) is 20.2. The first-order chi connectivity index (χ1) is 14.1. The number of thioether (sulfide) groups is 1. The van der Waals surface area contributed by atoms with Crippen molar-refractivity contribution >= 4 is 34.5 Å². The Morgan fingerprint density at radius 2 is 1.93 bits per heavy atom. The van der Waals surface area contributed by atoms with Crippen LogP contribution in [0.15, 0.2) is 59.9 Å². The Bertz CT molecular complexity index is 1160. The van der Waals surface area contributed by atoms with Gasteiger partial charge in [-0.2, -0.15) is 0 Å². The minimum Gasteiger partial charge on any atom is -0.325 e. The van der Waals surface area contributed by atoms with E-state index in [9.17, 15) is 4.79 Å². The Kier molecular flexibility index (Phi) is 5.53. The lowest BCUT2D eigenvalue weighted by molar-refractivity contribution is -0.113. The number of benzene rings is 2. The monoisotopic (exact) mass is 404 g/mol. The van der Waals surface area contributed by atoms with Gasteiger partial charge in [0.25, 0.3) is 0 Å². The first-order valence-corrected chi connectivity index (χ1v) is 10.2. The van der Waals surface area contributed by atoms with Crippen LogP contribution < -0.4 is 5.32 Å². The second-order valence-corrected chi connectivity index (χ2v) is 7.70. The van der Waals surface area contributed by atoms with Crippen LogP contribution in [0.3, 0.4) is 0 Å². The molecule has 0 saturated heterocycles. The molecule has 0 spiro atoms. The molecule has 1 N–H and O–H groups in total. The van der Waals surface area contributed by atoms with E-state index >= 15 is 0 Å². The van der Waals surface area contributed by atoms with Gasteiger partial charge in [0.15, 0.2) is 11.2 Å². The number of rotatable bonds is 6. The molecule has 0 atom stereocenters. The van der Waals surface area contributed by atoms with Crippen LogP contribution in [-0.2, 0) is 11.3 Å². The third-order valence-corrected chi connectivity index (χ3v) is 5.42. The lowest BCUT2D eigenvalue weighted by Gasteiger charge is -2.09. The molecule has 0 fully saturated rings. The van der Waals surface area contributed by atoms with Crippen LogP contribution in [-0.4, -0.2) is 36.6 Å². The summed E-state index contributed by atoms with van der Waals surface area (Å²) in [7, 11) is 0. The molecule has 8 heteroatoms. The number of amides is 1. The van der Waals surface area contributed by atoms with Crippen LogP contribution >= 0.6 is 11.8 Å². The lowest BCUT2D eigenvalue weighted by atomic mass is 10.1. The molecule has 2 aromatic carbocycles. The number of nitrogens with zero attached hydrogens (tertiary/aromatic N) is 5. The van der Waals surface area contributed by atoms with Gasteiger partial charge in [0.05, 0.1) is 12.3 Å². The summed E-state index contributed by atoms with van der Waals surface area (Å²) in [6.07, 6.45) is 1.48. The summed E-state index contributed by atoms with van der Waals surface area (Å²) in [5, 5.41) is 12.0. The average Bonchev–Trinajstić information content (AvgIpc) is 3.13. The van der Waals surface area contributed by atoms with Crippen molar-refractivity contribution in [2.45, 2.75) is 25.4 Å². The molecular weight excluding hydrogens is 384 g/mol. The first kappa shape index (κ1) is 19.1. The fourth-order valence-electron chi connectivity index (χ4n) is 3.01. The normalized spacial score (nSPS) is 11.0. The molecular formula is C21H20N6OS. The van der Waals surface area contributed by atoms with Gasteiger partial charge in [-0.3, -0.25) is 4.79 Å². The minimum absolute atomic E-state index is 0.0922. The summed E-state index contributed by atoms with van der Waals surface area (Å²) in [6.45, 7) is 4.58. The third kappa shape index (κ3) is 4.43. The summed E-state index contributed by atoms with van der Waals surface area (Å²) in [5.41, 5.74) is 5.39. The predicted molar refractivity (Wildman–Crippen MR) is 114 cm³/mol. The Balaban J connectivity index is 1.46. The van der Waals surface area contributed by atoms with Crippen LogP contribution in [0.2, 0.25) is 0 Å². The average molecular weight is 404 g/mol. The number of carbonyl (C=O) groups excluding carboxylic acids is 1. The van der Waals surface area contributed by atoms with Crippen molar-refractivity contribution in [3.63, 3.8) is 0 Å². The molecule has 0 aliphatic rings. The van der Waals surface area contributed by atoms with E-state index in [1.807, 2.05) is 62.4 Å². The van der Waals surface area contributed by atoms with E-state index in [-0.39, 0.29) is 11.7 Å². The molecule has 146 valence electrons. The molecule has 29 heavy (non-hydrogen) atoms. The van der Waals surface area contributed by atoms with Gasteiger partial charge in [-0.15, -0.1) is 5.10 Å². The molecule has 1 amide bonds. The van der Waals surface area contributed by atoms with E-state index in [4.69, 9.17) is 0 Å². The highest BCUT2D eigenvalue weighted by molar-refractivity contribution is 8.00. The number of carbonyl (C=O) groups is 1. The molecule has 7 nitrogen and oxygen atoms in total. The van der Waals surface area contributed by atoms with Gasteiger partial charge in [-0.05, 0) is 31.0 Å². The third-order valence-electron chi connectivity index (χ3n) is 4.44. The van der Waals surface area contributed by atoms with Crippen molar-refractivity contribution < 1.29 is 4.79 Å². The number of aromatic nitrogens is 5. The highest BCUT2D eigenvalue weighted by Crippen LogP contribution is 2.23. The van der Waals surface area contributed by atoms with Crippen molar-refractivity contribution in [1.29, 1.82) is 0 Å². The maximum atomic E-state index is 12.4. The number of aryl methyl sites for hydroxylation is 2. The van der Waals surface area contributed by atoms with Gasteiger partial charge >= 0.3 is 0 Å². The first-order valence-electron chi connectivity index (χ1n) is 9.18. The lowest BCUT2D eigenvalue weighted by Crippen LogP contribution is -2.15. The summed E-state index contributed by atoms with van der Waals surface area (Å²) >= 11 is 1.33. The van der Waals surface area contributed by atoms with Crippen molar-refractivity contribution in [2.75, 3.05) is 11.1 Å². The molecule has 0 unspecified atom stereocenters. The smallest absolute Gasteiger partial charge is 0.234 e.